The molecule has 0 bridgehead atoms. The van der Waals surface area contributed by atoms with E-state index in [1.165, 1.54) is 0 Å². The minimum absolute atomic E-state index is 0.150. The average molecular weight is 186 g/mol. The van der Waals surface area contributed by atoms with Gasteiger partial charge in [-0.3, -0.25) is 4.79 Å². The van der Waals surface area contributed by atoms with Crippen LogP contribution in [0.25, 0.3) is 0 Å². The minimum atomic E-state index is 0.150. The van der Waals surface area contributed by atoms with Gasteiger partial charge in [0.25, 0.3) is 0 Å². The van der Waals surface area contributed by atoms with E-state index in [1.807, 2.05) is 6.92 Å². The van der Waals surface area contributed by atoms with Crippen molar-refractivity contribution in [2.45, 2.75) is 26.7 Å². The molecular formula is C10H22N2O. The lowest BCUT2D eigenvalue weighted by Crippen LogP contribution is -2.29. The summed E-state index contributed by atoms with van der Waals surface area (Å²) in [5.74, 6) is 0.717. The first-order valence-corrected chi connectivity index (χ1v) is 4.97. The Morgan fingerprint density at radius 2 is 2.08 bits per heavy atom. The topological polar surface area (TPSA) is 32.3 Å². The molecule has 3 heteroatoms. The Bertz CT molecular complexity index is 146. The molecular weight excluding hydrogens is 164 g/mol. The van der Waals surface area contributed by atoms with Crippen LogP contribution in [-0.4, -0.2) is 38.0 Å². The van der Waals surface area contributed by atoms with Crippen LogP contribution >= 0.6 is 0 Å². The lowest BCUT2D eigenvalue weighted by molar-refractivity contribution is -0.120. The highest BCUT2D eigenvalue weighted by Crippen LogP contribution is 2.00. The Kier molecular flexibility index (Phi) is 6.59. The van der Waals surface area contributed by atoms with Crippen LogP contribution in [0.5, 0.6) is 0 Å². The third kappa shape index (κ3) is 7.78. The zero-order chi connectivity index (χ0) is 10.3. The number of carbonyl (C=O) groups is 1. The molecule has 78 valence electrons. The van der Waals surface area contributed by atoms with E-state index in [2.05, 4.69) is 31.2 Å². The van der Waals surface area contributed by atoms with Crippen molar-refractivity contribution < 1.29 is 4.79 Å². The summed E-state index contributed by atoms with van der Waals surface area (Å²) in [5, 5.41) is 2.90. The van der Waals surface area contributed by atoms with E-state index in [0.29, 0.717) is 12.3 Å². The highest BCUT2D eigenvalue weighted by molar-refractivity contribution is 5.75. The molecule has 0 radical (unpaired) electrons. The fraction of sp³-hybridized carbons (Fsp3) is 0.900. The molecule has 0 aliphatic rings. The molecule has 1 amide bonds. The van der Waals surface area contributed by atoms with Crippen LogP contribution in [0, 0.1) is 5.92 Å². The smallest absolute Gasteiger partial charge is 0.219 e. The second kappa shape index (κ2) is 6.89. The molecule has 3 nitrogen and oxygen atoms in total. The van der Waals surface area contributed by atoms with Crippen molar-refractivity contribution in [2.75, 3.05) is 27.2 Å². The van der Waals surface area contributed by atoms with Gasteiger partial charge in [0.1, 0.15) is 0 Å². The minimum Gasteiger partial charge on any atom is -0.356 e. The number of amides is 1. The van der Waals surface area contributed by atoms with E-state index < -0.39 is 0 Å². The van der Waals surface area contributed by atoms with E-state index >= 15 is 0 Å². The maximum atomic E-state index is 10.9. The zero-order valence-corrected chi connectivity index (χ0v) is 9.26. The van der Waals surface area contributed by atoms with Crippen LogP contribution in [0.1, 0.15) is 26.7 Å². The fourth-order valence-electron chi connectivity index (χ4n) is 0.994. The van der Waals surface area contributed by atoms with Gasteiger partial charge in [0.2, 0.25) is 5.91 Å². The van der Waals surface area contributed by atoms with Crippen LogP contribution in [-0.2, 0) is 4.79 Å². The molecule has 0 heterocycles. The molecule has 0 aliphatic heterocycles. The molecule has 1 atom stereocenters. The largest absolute Gasteiger partial charge is 0.356 e. The molecule has 0 fully saturated rings. The van der Waals surface area contributed by atoms with E-state index in [-0.39, 0.29) is 5.91 Å². The third-order valence-electron chi connectivity index (χ3n) is 2.04. The normalized spacial score (nSPS) is 13.0. The monoisotopic (exact) mass is 186 g/mol. The van der Waals surface area contributed by atoms with Crippen molar-refractivity contribution in [3.63, 3.8) is 0 Å². The molecule has 0 spiro atoms. The highest BCUT2D eigenvalue weighted by atomic mass is 16.1. The van der Waals surface area contributed by atoms with Gasteiger partial charge >= 0.3 is 0 Å². The number of hydrogen-bond acceptors (Lipinski definition) is 2. The first kappa shape index (κ1) is 12.4. The van der Waals surface area contributed by atoms with Crippen molar-refractivity contribution >= 4 is 5.91 Å². The summed E-state index contributed by atoms with van der Waals surface area (Å²) in [5.41, 5.74) is 0. The molecule has 0 aromatic heterocycles. The Balaban J connectivity index is 3.40. The van der Waals surface area contributed by atoms with Crippen LogP contribution < -0.4 is 5.32 Å². The lowest BCUT2D eigenvalue weighted by Gasteiger charge is -2.15. The van der Waals surface area contributed by atoms with Gasteiger partial charge in [-0.1, -0.05) is 13.8 Å². The summed E-state index contributed by atoms with van der Waals surface area (Å²) < 4.78 is 0. The second-order valence-corrected chi connectivity index (χ2v) is 3.85. The standard InChI is InChI=1S/C10H22N2O/c1-5-10(13)11-8-9(2)6-7-12(3)4/h9H,5-8H2,1-4H3,(H,11,13). The Labute approximate surface area is 81.5 Å². The number of nitrogens with one attached hydrogen (secondary N) is 1. The van der Waals surface area contributed by atoms with Crippen LogP contribution in [0.3, 0.4) is 0 Å². The molecule has 0 saturated heterocycles. The molecule has 0 aromatic rings. The Morgan fingerprint density at radius 3 is 2.54 bits per heavy atom. The van der Waals surface area contributed by atoms with E-state index in [4.69, 9.17) is 0 Å². The Morgan fingerprint density at radius 1 is 1.46 bits per heavy atom. The van der Waals surface area contributed by atoms with Gasteiger partial charge in [-0.15, -0.1) is 0 Å². The SMILES string of the molecule is CCC(=O)NCC(C)CCN(C)C. The lowest BCUT2D eigenvalue weighted by atomic mass is 10.1. The summed E-state index contributed by atoms with van der Waals surface area (Å²) in [6.45, 7) is 5.93. The van der Waals surface area contributed by atoms with Crippen molar-refractivity contribution in [3.05, 3.63) is 0 Å². The van der Waals surface area contributed by atoms with Crippen molar-refractivity contribution in [1.29, 1.82) is 0 Å². The van der Waals surface area contributed by atoms with E-state index in [0.717, 1.165) is 19.5 Å². The molecule has 0 saturated carbocycles. The van der Waals surface area contributed by atoms with E-state index in [1.54, 1.807) is 0 Å². The fourth-order valence-corrected chi connectivity index (χ4v) is 0.994. The Hall–Kier alpha value is -0.570. The van der Waals surface area contributed by atoms with Crippen LogP contribution in [0.4, 0.5) is 0 Å². The van der Waals surface area contributed by atoms with Gasteiger partial charge in [0.15, 0.2) is 0 Å². The summed E-state index contributed by atoms with van der Waals surface area (Å²) in [7, 11) is 4.13. The third-order valence-corrected chi connectivity index (χ3v) is 2.04. The molecule has 0 aromatic carbocycles. The summed E-state index contributed by atoms with van der Waals surface area (Å²) in [4.78, 5) is 13.1. The second-order valence-electron chi connectivity index (χ2n) is 3.85. The number of hydrogen-bond donors (Lipinski definition) is 1. The van der Waals surface area contributed by atoms with Crippen molar-refractivity contribution in [1.82, 2.24) is 10.2 Å². The summed E-state index contributed by atoms with van der Waals surface area (Å²) in [6.07, 6.45) is 1.72. The molecule has 1 N–H and O–H groups in total. The van der Waals surface area contributed by atoms with Crippen molar-refractivity contribution in [2.24, 2.45) is 5.92 Å². The molecule has 13 heavy (non-hydrogen) atoms. The predicted molar refractivity (Wildman–Crippen MR) is 55.6 cm³/mol. The first-order valence-electron chi connectivity index (χ1n) is 4.97. The number of nitrogens with zero attached hydrogens (tertiary/aromatic N) is 1. The van der Waals surface area contributed by atoms with Gasteiger partial charge in [0, 0.05) is 13.0 Å². The maximum Gasteiger partial charge on any atom is 0.219 e. The van der Waals surface area contributed by atoms with Gasteiger partial charge in [-0.2, -0.15) is 0 Å². The van der Waals surface area contributed by atoms with Crippen molar-refractivity contribution in [3.8, 4) is 0 Å². The quantitative estimate of drug-likeness (QED) is 0.673. The molecule has 0 aliphatic carbocycles. The zero-order valence-electron chi connectivity index (χ0n) is 9.26. The van der Waals surface area contributed by atoms with Gasteiger partial charge in [0.05, 0.1) is 0 Å². The highest BCUT2D eigenvalue weighted by Gasteiger charge is 2.04. The summed E-state index contributed by atoms with van der Waals surface area (Å²) in [6, 6.07) is 0. The number of carbonyl (C=O) groups excluding carboxylic acids is 1. The van der Waals surface area contributed by atoms with Crippen LogP contribution in [0.2, 0.25) is 0 Å². The number of rotatable bonds is 6. The molecule has 0 rings (SSSR count). The average Bonchev–Trinajstić information content (AvgIpc) is 2.10. The van der Waals surface area contributed by atoms with Crippen LogP contribution in [0.15, 0.2) is 0 Å². The maximum absolute atomic E-state index is 10.9. The molecule has 1 unspecified atom stereocenters. The van der Waals surface area contributed by atoms with Gasteiger partial charge in [-0.25, -0.2) is 0 Å². The summed E-state index contributed by atoms with van der Waals surface area (Å²) >= 11 is 0. The van der Waals surface area contributed by atoms with E-state index in [9.17, 15) is 4.79 Å². The predicted octanol–water partition coefficient (Wildman–Crippen LogP) is 1.10. The van der Waals surface area contributed by atoms with Gasteiger partial charge < -0.3 is 10.2 Å². The first-order chi connectivity index (χ1) is 6.06. The van der Waals surface area contributed by atoms with Gasteiger partial charge in [-0.05, 0) is 33.0 Å².